The van der Waals surface area contributed by atoms with Gasteiger partial charge >= 0.3 is 0 Å². The molecule has 0 atom stereocenters. The number of hydrogen-bond acceptors (Lipinski definition) is 2. The molecule has 0 aliphatic heterocycles. The Kier molecular flexibility index (Phi) is 2.29. The molecule has 1 aromatic rings. The van der Waals surface area contributed by atoms with Crippen LogP contribution in [0.1, 0.15) is 31.9 Å². The number of terminal acetylenes is 1. The van der Waals surface area contributed by atoms with Crippen molar-refractivity contribution >= 4 is 5.69 Å². The molecule has 0 aromatic carbocycles. The second kappa shape index (κ2) is 3.10. The van der Waals surface area contributed by atoms with Crippen LogP contribution in [0.5, 0.6) is 0 Å². The molecular formula is C11H14N2. The van der Waals surface area contributed by atoms with Gasteiger partial charge in [-0.25, -0.2) is 0 Å². The minimum absolute atomic E-state index is 0.0330. The fourth-order valence-electron chi connectivity index (χ4n) is 1.42. The van der Waals surface area contributed by atoms with Gasteiger partial charge in [0.2, 0.25) is 0 Å². The summed E-state index contributed by atoms with van der Waals surface area (Å²) in [6.07, 6.45) is 8.69. The Hall–Kier alpha value is -1.49. The molecule has 0 aliphatic carbocycles. The van der Waals surface area contributed by atoms with Gasteiger partial charge < -0.3 is 5.73 Å². The van der Waals surface area contributed by atoms with Crippen LogP contribution in [0.4, 0.5) is 5.69 Å². The minimum atomic E-state index is -0.0330. The van der Waals surface area contributed by atoms with Crippen molar-refractivity contribution in [2.24, 2.45) is 0 Å². The highest BCUT2D eigenvalue weighted by Gasteiger charge is 2.20. The van der Waals surface area contributed by atoms with E-state index >= 15 is 0 Å². The Labute approximate surface area is 79.2 Å². The Balaban J connectivity index is 3.43. The zero-order chi connectivity index (χ0) is 10.1. The number of nitrogens with two attached hydrogens (primary N) is 1. The average molecular weight is 174 g/mol. The molecule has 68 valence electrons. The first kappa shape index (κ1) is 9.60. The highest BCUT2D eigenvalue weighted by molar-refractivity contribution is 5.56. The van der Waals surface area contributed by atoms with Crippen molar-refractivity contribution < 1.29 is 0 Å². The van der Waals surface area contributed by atoms with Crippen LogP contribution in [-0.4, -0.2) is 4.98 Å². The topological polar surface area (TPSA) is 38.9 Å². The van der Waals surface area contributed by atoms with Gasteiger partial charge in [0, 0.05) is 11.8 Å². The van der Waals surface area contributed by atoms with Crippen LogP contribution in [0.3, 0.4) is 0 Å². The maximum absolute atomic E-state index is 5.83. The summed E-state index contributed by atoms with van der Waals surface area (Å²) in [4.78, 5) is 3.96. The molecule has 2 heteroatoms. The molecule has 0 amide bonds. The first-order chi connectivity index (χ1) is 5.96. The lowest BCUT2D eigenvalue weighted by atomic mass is 9.84. The fraction of sp³-hybridized carbons (Fsp3) is 0.364. The highest BCUT2D eigenvalue weighted by Crippen LogP contribution is 2.29. The van der Waals surface area contributed by atoms with Gasteiger partial charge in [-0.1, -0.05) is 26.7 Å². The van der Waals surface area contributed by atoms with Crippen molar-refractivity contribution in [1.29, 1.82) is 0 Å². The molecule has 0 bridgehead atoms. The second-order valence-corrected chi connectivity index (χ2v) is 4.05. The SMILES string of the molecule is C#Cc1cncc(N)c1C(C)(C)C. The van der Waals surface area contributed by atoms with Crippen LogP contribution in [0.2, 0.25) is 0 Å². The van der Waals surface area contributed by atoms with E-state index < -0.39 is 0 Å². The molecule has 0 unspecified atom stereocenters. The number of rotatable bonds is 0. The van der Waals surface area contributed by atoms with Crippen molar-refractivity contribution in [3.63, 3.8) is 0 Å². The lowest BCUT2D eigenvalue weighted by Crippen LogP contribution is -2.16. The number of hydrogen-bond donors (Lipinski definition) is 1. The van der Waals surface area contributed by atoms with Gasteiger partial charge in [-0.05, 0) is 11.0 Å². The molecule has 0 saturated carbocycles. The fourth-order valence-corrected chi connectivity index (χ4v) is 1.42. The first-order valence-electron chi connectivity index (χ1n) is 4.17. The van der Waals surface area contributed by atoms with E-state index in [1.165, 1.54) is 0 Å². The van der Waals surface area contributed by atoms with Gasteiger partial charge in [-0.2, -0.15) is 0 Å². The molecule has 0 fully saturated rings. The quantitative estimate of drug-likeness (QED) is 0.610. The molecule has 0 radical (unpaired) electrons. The van der Waals surface area contributed by atoms with Crippen molar-refractivity contribution in [2.45, 2.75) is 26.2 Å². The molecule has 1 rings (SSSR count). The van der Waals surface area contributed by atoms with Gasteiger partial charge in [0.05, 0.1) is 11.9 Å². The maximum atomic E-state index is 5.83. The number of nitrogen functional groups attached to an aromatic ring is 1. The van der Waals surface area contributed by atoms with Gasteiger partial charge in [0.1, 0.15) is 0 Å². The van der Waals surface area contributed by atoms with E-state index in [-0.39, 0.29) is 5.41 Å². The molecule has 1 aromatic heterocycles. The van der Waals surface area contributed by atoms with Crippen LogP contribution in [0.25, 0.3) is 0 Å². The molecular weight excluding hydrogens is 160 g/mol. The average Bonchev–Trinajstić information content (AvgIpc) is 2.01. The van der Waals surface area contributed by atoms with Crippen molar-refractivity contribution in [3.8, 4) is 12.3 Å². The number of anilines is 1. The summed E-state index contributed by atoms with van der Waals surface area (Å²) in [5, 5.41) is 0. The van der Waals surface area contributed by atoms with Crippen molar-refractivity contribution in [1.82, 2.24) is 4.98 Å². The van der Waals surface area contributed by atoms with Crippen LogP contribution >= 0.6 is 0 Å². The summed E-state index contributed by atoms with van der Waals surface area (Å²) in [6.45, 7) is 6.25. The smallest absolute Gasteiger partial charge is 0.0551 e. The standard InChI is InChI=1S/C11H14N2/c1-5-8-6-13-7-9(12)10(8)11(2,3)4/h1,6-7H,12H2,2-4H3. The Morgan fingerprint density at radius 2 is 2.00 bits per heavy atom. The van der Waals surface area contributed by atoms with E-state index in [1.807, 2.05) is 0 Å². The zero-order valence-electron chi connectivity index (χ0n) is 8.26. The van der Waals surface area contributed by atoms with E-state index in [0.717, 1.165) is 11.1 Å². The van der Waals surface area contributed by atoms with Crippen molar-refractivity contribution in [3.05, 3.63) is 23.5 Å². The first-order valence-corrected chi connectivity index (χ1v) is 4.17. The van der Waals surface area contributed by atoms with Crippen LogP contribution in [-0.2, 0) is 5.41 Å². The summed E-state index contributed by atoms with van der Waals surface area (Å²) in [5.74, 6) is 2.60. The maximum Gasteiger partial charge on any atom is 0.0551 e. The molecule has 13 heavy (non-hydrogen) atoms. The Morgan fingerprint density at radius 1 is 1.38 bits per heavy atom. The summed E-state index contributed by atoms with van der Waals surface area (Å²) < 4.78 is 0. The van der Waals surface area contributed by atoms with Gasteiger partial charge in [0.25, 0.3) is 0 Å². The van der Waals surface area contributed by atoms with Gasteiger partial charge in [-0.15, -0.1) is 6.42 Å². The Bertz CT molecular complexity index is 353. The number of nitrogens with zero attached hydrogens (tertiary/aromatic N) is 1. The molecule has 2 N–H and O–H groups in total. The molecule has 1 heterocycles. The largest absolute Gasteiger partial charge is 0.397 e. The molecule has 0 spiro atoms. The van der Waals surface area contributed by atoms with Gasteiger partial charge in [-0.3, -0.25) is 4.98 Å². The third-order valence-electron chi connectivity index (χ3n) is 1.88. The molecule has 2 nitrogen and oxygen atoms in total. The third-order valence-corrected chi connectivity index (χ3v) is 1.88. The van der Waals surface area contributed by atoms with E-state index in [1.54, 1.807) is 12.4 Å². The van der Waals surface area contributed by atoms with E-state index in [0.29, 0.717) is 5.69 Å². The number of aromatic nitrogens is 1. The lowest BCUT2D eigenvalue weighted by molar-refractivity contribution is 0.590. The third kappa shape index (κ3) is 1.81. The monoisotopic (exact) mass is 174 g/mol. The minimum Gasteiger partial charge on any atom is -0.397 e. The number of pyridine rings is 1. The summed E-state index contributed by atoms with van der Waals surface area (Å²) in [6, 6.07) is 0. The highest BCUT2D eigenvalue weighted by atomic mass is 14.7. The van der Waals surface area contributed by atoms with Crippen LogP contribution < -0.4 is 5.73 Å². The van der Waals surface area contributed by atoms with E-state index in [2.05, 4.69) is 31.7 Å². The van der Waals surface area contributed by atoms with Gasteiger partial charge in [0.15, 0.2) is 0 Å². The molecule has 0 saturated heterocycles. The molecule has 0 aliphatic rings. The predicted molar refractivity (Wildman–Crippen MR) is 55.3 cm³/mol. The summed E-state index contributed by atoms with van der Waals surface area (Å²) in [7, 11) is 0. The zero-order valence-corrected chi connectivity index (χ0v) is 8.26. The van der Waals surface area contributed by atoms with Crippen LogP contribution in [0, 0.1) is 12.3 Å². The Morgan fingerprint density at radius 3 is 2.38 bits per heavy atom. The normalized spacial score (nSPS) is 10.9. The van der Waals surface area contributed by atoms with Crippen LogP contribution in [0.15, 0.2) is 12.4 Å². The van der Waals surface area contributed by atoms with E-state index in [4.69, 9.17) is 12.2 Å². The predicted octanol–water partition coefficient (Wildman–Crippen LogP) is 1.94. The summed E-state index contributed by atoms with van der Waals surface area (Å²) in [5.41, 5.74) is 8.25. The van der Waals surface area contributed by atoms with E-state index in [9.17, 15) is 0 Å². The van der Waals surface area contributed by atoms with Crippen molar-refractivity contribution in [2.75, 3.05) is 5.73 Å². The second-order valence-electron chi connectivity index (χ2n) is 4.05. The lowest BCUT2D eigenvalue weighted by Gasteiger charge is -2.22. The summed E-state index contributed by atoms with van der Waals surface area (Å²) >= 11 is 0.